The molecular weight excluding hydrogens is 531 g/mol. The van der Waals surface area contributed by atoms with Crippen LogP contribution in [0.15, 0.2) is 59.9 Å². The molecule has 35 heavy (non-hydrogen) atoms. The number of halogens is 2. The average Bonchev–Trinajstić information content (AvgIpc) is 3.39. The maximum absolute atomic E-state index is 12.0. The summed E-state index contributed by atoms with van der Waals surface area (Å²) in [5, 5.41) is 47.3. The Morgan fingerprint density at radius 3 is 2.17 bits per heavy atom. The number of hydrogen-bond acceptors (Lipinski definition) is 8. The van der Waals surface area contributed by atoms with Crippen LogP contribution in [0.1, 0.15) is 16.2 Å². The van der Waals surface area contributed by atoms with Crippen LogP contribution in [-0.2, 0) is 22.6 Å². The highest BCUT2D eigenvalue weighted by molar-refractivity contribution is 7.19. The van der Waals surface area contributed by atoms with Gasteiger partial charge in [-0.2, -0.15) is 0 Å². The van der Waals surface area contributed by atoms with Crippen LogP contribution in [0.25, 0.3) is 20.2 Å². The maximum atomic E-state index is 12.0. The van der Waals surface area contributed by atoms with E-state index in [4.69, 9.17) is 27.9 Å². The van der Waals surface area contributed by atoms with E-state index in [1.54, 1.807) is 18.2 Å². The van der Waals surface area contributed by atoms with Crippen LogP contribution in [0.3, 0.4) is 0 Å². The fourth-order valence-corrected chi connectivity index (χ4v) is 6.91. The average molecular weight is 550 g/mol. The predicted octanol–water partition coefficient (Wildman–Crippen LogP) is 4.04. The van der Waals surface area contributed by atoms with E-state index in [-0.39, 0.29) is 24.4 Å². The molecule has 3 atom stereocenters. The van der Waals surface area contributed by atoms with Crippen molar-refractivity contribution in [2.45, 2.75) is 37.3 Å². The second-order valence-corrected chi connectivity index (χ2v) is 11.7. The topological polar surface area (TPSA) is 110 Å². The van der Waals surface area contributed by atoms with Crippen molar-refractivity contribution < 1.29 is 30.0 Å². The molecule has 0 radical (unpaired) electrons. The zero-order chi connectivity index (χ0) is 24.9. The van der Waals surface area contributed by atoms with Crippen molar-refractivity contribution in [3.05, 3.63) is 79.7 Å². The van der Waals surface area contributed by atoms with E-state index in [9.17, 15) is 25.2 Å². The summed E-state index contributed by atoms with van der Waals surface area (Å²) in [5.74, 6) is -1.93. The molecule has 182 valence electrons. The predicted molar refractivity (Wildman–Crippen MR) is 136 cm³/mol. The summed E-state index contributed by atoms with van der Waals surface area (Å²) in [6.07, 6.45) is -3.67. The number of carbonyl (C=O) groups is 1. The number of carbonyl (C=O) groups excluding carboxylic acids is 1. The van der Waals surface area contributed by atoms with Gasteiger partial charge >= 0.3 is 0 Å². The molecule has 0 spiro atoms. The van der Waals surface area contributed by atoms with E-state index < -0.39 is 30.2 Å². The number of carboxylic acid groups (broad SMARTS) is 1. The Labute approximate surface area is 218 Å². The Balaban J connectivity index is 1.53. The van der Waals surface area contributed by atoms with E-state index in [1.807, 2.05) is 30.3 Å². The molecule has 0 bridgehead atoms. The van der Waals surface area contributed by atoms with Crippen molar-refractivity contribution in [2.75, 3.05) is 0 Å². The van der Waals surface area contributed by atoms with Crippen LogP contribution in [0, 0.1) is 0 Å². The van der Waals surface area contributed by atoms with Crippen molar-refractivity contribution in [3.63, 3.8) is 0 Å². The van der Waals surface area contributed by atoms with Crippen LogP contribution in [0.5, 0.6) is 0 Å². The van der Waals surface area contributed by atoms with E-state index in [2.05, 4.69) is 0 Å². The first kappa shape index (κ1) is 24.5. The number of aliphatic hydroxyl groups excluding tert-OH is 2. The number of hydrogen-bond donors (Lipinski definition) is 3. The van der Waals surface area contributed by atoms with Gasteiger partial charge in [0.1, 0.15) is 24.1 Å². The van der Waals surface area contributed by atoms with Gasteiger partial charge in [0.15, 0.2) is 0 Å². The number of thiophene rings is 2. The molecule has 1 aliphatic carbocycles. The third kappa shape index (κ3) is 4.68. The number of ether oxygens (including phenoxy) is 1. The number of benzene rings is 2. The highest BCUT2D eigenvalue weighted by atomic mass is 35.5. The fraction of sp³-hybridized carbons (Fsp3) is 0.240. The SMILES string of the molecule is O=C([O-])[C@@]1(O)C[C@@H](O)[C@H](O)C(OCc2cc3ccc(Cl)cc3s2)=C1Cc1cc2ccc(Cl)cc2s1. The Bertz CT molecular complexity index is 1480. The molecule has 0 saturated carbocycles. The number of aliphatic carboxylic acids is 1. The quantitative estimate of drug-likeness (QED) is 0.334. The van der Waals surface area contributed by atoms with Gasteiger partial charge in [0.25, 0.3) is 0 Å². The Morgan fingerprint density at radius 2 is 1.57 bits per heavy atom. The van der Waals surface area contributed by atoms with Gasteiger partial charge in [-0.05, 0) is 47.2 Å². The van der Waals surface area contributed by atoms with Gasteiger partial charge in [-0.25, -0.2) is 0 Å². The maximum Gasteiger partial charge on any atom is 0.137 e. The lowest BCUT2D eigenvalue weighted by molar-refractivity contribution is -0.324. The molecule has 6 nitrogen and oxygen atoms in total. The first-order valence-electron chi connectivity index (χ1n) is 10.7. The smallest absolute Gasteiger partial charge is 0.137 e. The standard InChI is InChI=1S/C25H20Cl2O6S2/c26-14-3-1-12-5-16(34-20(12)7-14)9-18-23(22(29)19(28)10-25(18,32)24(30)31)33-11-17-6-13-2-4-15(27)8-21(13)35-17/h1-8,19,22,28-29,32H,9-11H2,(H,30,31)/p-1/t19-,22+,25-/m1/s1. The minimum atomic E-state index is -2.50. The minimum Gasteiger partial charge on any atom is -0.547 e. The lowest BCUT2D eigenvalue weighted by atomic mass is 9.77. The summed E-state index contributed by atoms with van der Waals surface area (Å²) in [4.78, 5) is 13.6. The van der Waals surface area contributed by atoms with Gasteiger partial charge in [-0.3, -0.25) is 0 Å². The van der Waals surface area contributed by atoms with Crippen LogP contribution in [0.4, 0.5) is 0 Å². The summed E-state index contributed by atoms with van der Waals surface area (Å²) in [7, 11) is 0. The lowest BCUT2D eigenvalue weighted by Gasteiger charge is -2.41. The third-order valence-corrected chi connectivity index (χ3v) is 8.70. The second-order valence-electron chi connectivity index (χ2n) is 8.46. The molecule has 10 heteroatoms. The zero-order valence-corrected chi connectivity index (χ0v) is 21.2. The molecule has 0 saturated heterocycles. The number of rotatable bonds is 6. The van der Waals surface area contributed by atoms with E-state index in [0.717, 1.165) is 29.9 Å². The normalized spacial score (nSPS) is 22.8. The second kappa shape index (κ2) is 9.37. The van der Waals surface area contributed by atoms with Crippen LogP contribution in [0.2, 0.25) is 10.0 Å². The van der Waals surface area contributed by atoms with E-state index in [0.29, 0.717) is 10.0 Å². The number of carboxylic acids is 1. The summed E-state index contributed by atoms with van der Waals surface area (Å²) in [6, 6.07) is 14.7. The van der Waals surface area contributed by atoms with Crippen molar-refractivity contribution in [1.82, 2.24) is 0 Å². The molecule has 0 unspecified atom stereocenters. The first-order chi connectivity index (χ1) is 16.6. The molecule has 2 aromatic heterocycles. The number of fused-ring (bicyclic) bond motifs is 2. The summed E-state index contributed by atoms with van der Waals surface area (Å²) in [5.41, 5.74) is -2.55. The molecule has 0 fully saturated rings. The molecule has 1 aliphatic rings. The van der Waals surface area contributed by atoms with Crippen molar-refractivity contribution in [1.29, 1.82) is 0 Å². The summed E-state index contributed by atoms with van der Waals surface area (Å²) >= 11 is 15.0. The van der Waals surface area contributed by atoms with Crippen LogP contribution in [-0.4, -0.2) is 39.1 Å². The Morgan fingerprint density at radius 1 is 1.00 bits per heavy atom. The zero-order valence-electron chi connectivity index (χ0n) is 18.0. The highest BCUT2D eigenvalue weighted by Gasteiger charge is 2.47. The van der Waals surface area contributed by atoms with Crippen LogP contribution < -0.4 is 5.11 Å². The van der Waals surface area contributed by atoms with E-state index >= 15 is 0 Å². The molecular formula is C25H19Cl2O6S2-. The molecule has 0 amide bonds. The van der Waals surface area contributed by atoms with Gasteiger partial charge in [0, 0.05) is 47.6 Å². The largest absolute Gasteiger partial charge is 0.547 e. The molecule has 3 N–H and O–H groups in total. The molecule has 4 aromatic rings. The Kier molecular flexibility index (Phi) is 6.56. The van der Waals surface area contributed by atoms with E-state index in [1.165, 1.54) is 22.7 Å². The van der Waals surface area contributed by atoms with Crippen molar-refractivity contribution in [2.24, 2.45) is 0 Å². The van der Waals surface area contributed by atoms with Crippen molar-refractivity contribution >= 4 is 72.0 Å². The third-order valence-electron chi connectivity index (χ3n) is 6.06. The minimum absolute atomic E-state index is 0.00469. The van der Waals surface area contributed by atoms with Gasteiger partial charge in [0.05, 0.1) is 12.1 Å². The van der Waals surface area contributed by atoms with Crippen LogP contribution >= 0.6 is 45.9 Å². The molecule has 2 aromatic carbocycles. The monoisotopic (exact) mass is 549 g/mol. The highest BCUT2D eigenvalue weighted by Crippen LogP contribution is 2.40. The first-order valence-corrected chi connectivity index (χ1v) is 13.0. The van der Waals surface area contributed by atoms with Crippen molar-refractivity contribution in [3.8, 4) is 0 Å². The van der Waals surface area contributed by atoms with Gasteiger partial charge in [0.2, 0.25) is 0 Å². The molecule has 2 heterocycles. The number of aliphatic hydroxyl groups is 3. The summed E-state index contributed by atoms with van der Waals surface area (Å²) in [6.45, 7) is 0.00469. The lowest BCUT2D eigenvalue weighted by Crippen LogP contribution is -2.57. The molecule has 0 aliphatic heterocycles. The van der Waals surface area contributed by atoms with Gasteiger partial charge in [-0.15, -0.1) is 22.7 Å². The Hall–Kier alpha value is -2.17. The summed E-state index contributed by atoms with van der Waals surface area (Å²) < 4.78 is 7.76. The fourth-order valence-electron chi connectivity index (χ4n) is 4.31. The molecule has 5 rings (SSSR count). The van der Waals surface area contributed by atoms with Gasteiger partial charge < -0.3 is 30.0 Å². The van der Waals surface area contributed by atoms with Gasteiger partial charge in [-0.1, -0.05) is 35.3 Å².